The van der Waals surface area contributed by atoms with Crippen LogP contribution in [-0.2, 0) is 38.1 Å². The molecular formula is C19H23N3O9. The van der Waals surface area contributed by atoms with E-state index in [-0.39, 0.29) is 37.6 Å². The van der Waals surface area contributed by atoms with Crippen LogP contribution in [0.4, 0.5) is 0 Å². The maximum Gasteiger partial charge on any atom is 0.384 e. The second-order valence-corrected chi connectivity index (χ2v) is 6.24. The van der Waals surface area contributed by atoms with Gasteiger partial charge in [-0.25, -0.2) is 14.3 Å². The highest BCUT2D eigenvalue weighted by Crippen LogP contribution is 2.32. The third-order valence-corrected chi connectivity index (χ3v) is 3.94. The van der Waals surface area contributed by atoms with E-state index in [4.69, 9.17) is 23.7 Å². The van der Waals surface area contributed by atoms with Crippen LogP contribution in [0.3, 0.4) is 0 Å². The second-order valence-electron chi connectivity index (χ2n) is 6.24. The van der Waals surface area contributed by atoms with Crippen molar-refractivity contribution in [2.45, 2.75) is 52.6 Å². The highest BCUT2D eigenvalue weighted by molar-refractivity contribution is 5.92. The number of ether oxygens (including phenoxy) is 5. The van der Waals surface area contributed by atoms with Crippen molar-refractivity contribution < 1.29 is 42.9 Å². The smallest absolute Gasteiger partial charge is 0.384 e. The van der Waals surface area contributed by atoms with Gasteiger partial charge in [0.25, 0.3) is 0 Å². The van der Waals surface area contributed by atoms with Gasteiger partial charge in [0.05, 0.1) is 13.2 Å². The van der Waals surface area contributed by atoms with E-state index in [1.54, 1.807) is 13.8 Å². The quantitative estimate of drug-likeness (QED) is 0.326. The molecule has 0 saturated carbocycles. The Balaban J connectivity index is 2.36. The van der Waals surface area contributed by atoms with E-state index < -0.39 is 42.3 Å². The predicted molar refractivity (Wildman–Crippen MR) is 100 cm³/mol. The van der Waals surface area contributed by atoms with Gasteiger partial charge in [-0.3, -0.25) is 9.59 Å². The Labute approximate surface area is 178 Å². The van der Waals surface area contributed by atoms with Gasteiger partial charge in [0, 0.05) is 26.2 Å². The number of rotatable bonds is 7. The Morgan fingerprint density at radius 3 is 2.42 bits per heavy atom. The molecule has 1 aromatic rings. The first kappa shape index (κ1) is 23.8. The largest absolute Gasteiger partial charge is 0.463 e. The topological polar surface area (TPSA) is 145 Å². The minimum absolute atomic E-state index is 0.0359. The van der Waals surface area contributed by atoms with Crippen molar-refractivity contribution in [3.63, 3.8) is 0 Å². The van der Waals surface area contributed by atoms with Crippen LogP contribution in [0.1, 0.15) is 56.5 Å². The molecule has 31 heavy (non-hydrogen) atoms. The molecular weight excluding hydrogens is 414 g/mol. The minimum atomic E-state index is -0.868. The Hall–Kier alpha value is -3.46. The van der Waals surface area contributed by atoms with Crippen LogP contribution in [0, 0.1) is 11.8 Å². The maximum absolute atomic E-state index is 12.2. The molecule has 3 atom stereocenters. The van der Waals surface area contributed by atoms with E-state index in [1.165, 1.54) is 18.5 Å². The lowest BCUT2D eigenvalue weighted by molar-refractivity contribution is -0.155. The predicted octanol–water partition coefficient (Wildman–Crippen LogP) is 0.152. The van der Waals surface area contributed by atoms with Crippen molar-refractivity contribution in [1.29, 1.82) is 0 Å². The molecule has 2 heterocycles. The zero-order valence-corrected chi connectivity index (χ0v) is 17.6. The fraction of sp³-hybridized carbons (Fsp3) is 0.579. The number of nitrogens with zero attached hydrogens (tertiary/aromatic N) is 3. The lowest BCUT2D eigenvalue weighted by atomic mass is 10.2. The number of hydrogen-bond acceptors (Lipinski definition) is 11. The molecule has 1 aliphatic heterocycles. The van der Waals surface area contributed by atoms with Crippen molar-refractivity contribution in [3.8, 4) is 11.8 Å². The summed E-state index contributed by atoms with van der Waals surface area (Å²) >= 11 is 0. The van der Waals surface area contributed by atoms with Crippen LogP contribution in [0.5, 0.6) is 0 Å². The van der Waals surface area contributed by atoms with Gasteiger partial charge in [-0.15, -0.1) is 5.10 Å². The molecule has 0 N–H and O–H groups in total. The van der Waals surface area contributed by atoms with Crippen LogP contribution in [0.25, 0.3) is 0 Å². The molecule has 1 aromatic heterocycles. The lowest BCUT2D eigenvalue weighted by Crippen LogP contribution is -2.31. The highest BCUT2D eigenvalue weighted by Gasteiger charge is 2.41. The Bertz CT molecular complexity index is 899. The standard InChI is InChI=1S/C19H23N3O9/c1-5-27-17(25)8-7-13-18(19(26)28-6-2)20-21-22(13)16-9-14(30-12(4)24)15(31-16)10-29-11(3)23/h14-16H,5-6,9-10H2,1-4H3/t14-,15+,16+/m0/s1. The first-order chi connectivity index (χ1) is 14.8. The molecule has 0 unspecified atom stereocenters. The van der Waals surface area contributed by atoms with E-state index >= 15 is 0 Å². The molecule has 0 aliphatic carbocycles. The average molecular weight is 437 g/mol. The van der Waals surface area contributed by atoms with Crippen LogP contribution < -0.4 is 0 Å². The minimum Gasteiger partial charge on any atom is -0.463 e. The number of hydrogen-bond donors (Lipinski definition) is 0. The summed E-state index contributed by atoms with van der Waals surface area (Å²) in [7, 11) is 0. The Morgan fingerprint density at radius 2 is 1.81 bits per heavy atom. The zero-order chi connectivity index (χ0) is 23.0. The van der Waals surface area contributed by atoms with Gasteiger partial charge in [-0.2, -0.15) is 0 Å². The fourth-order valence-electron chi connectivity index (χ4n) is 2.76. The van der Waals surface area contributed by atoms with Gasteiger partial charge in [-0.1, -0.05) is 5.21 Å². The number of carbonyl (C=O) groups is 4. The fourth-order valence-corrected chi connectivity index (χ4v) is 2.76. The molecule has 0 bridgehead atoms. The molecule has 0 spiro atoms. The van der Waals surface area contributed by atoms with Gasteiger partial charge in [0.1, 0.15) is 24.5 Å². The SMILES string of the molecule is CCOC(=O)C#Cc1c(C(=O)OCC)nnn1[C@H]1C[C@H](OC(C)=O)[C@@H](COC(C)=O)O1. The van der Waals surface area contributed by atoms with Crippen LogP contribution in [0.15, 0.2) is 0 Å². The van der Waals surface area contributed by atoms with E-state index in [0.717, 1.165) is 0 Å². The van der Waals surface area contributed by atoms with Crippen molar-refractivity contribution in [2.75, 3.05) is 19.8 Å². The van der Waals surface area contributed by atoms with Gasteiger partial charge in [-0.05, 0) is 19.8 Å². The maximum atomic E-state index is 12.2. The molecule has 12 heteroatoms. The summed E-state index contributed by atoms with van der Waals surface area (Å²) in [6, 6.07) is 0. The third-order valence-electron chi connectivity index (χ3n) is 3.94. The van der Waals surface area contributed by atoms with E-state index in [1.807, 2.05) is 0 Å². The van der Waals surface area contributed by atoms with Crippen molar-refractivity contribution in [1.82, 2.24) is 15.0 Å². The molecule has 0 amide bonds. The normalized spacial score (nSPS) is 19.7. The summed E-state index contributed by atoms with van der Waals surface area (Å²) in [5, 5.41) is 7.71. The van der Waals surface area contributed by atoms with E-state index in [0.29, 0.717) is 0 Å². The molecule has 1 saturated heterocycles. The summed E-state index contributed by atoms with van der Waals surface area (Å²) in [4.78, 5) is 46.5. The molecule has 12 nitrogen and oxygen atoms in total. The van der Waals surface area contributed by atoms with E-state index in [2.05, 4.69) is 22.2 Å². The van der Waals surface area contributed by atoms with Gasteiger partial charge < -0.3 is 23.7 Å². The molecule has 1 aliphatic rings. The third kappa shape index (κ3) is 6.51. The summed E-state index contributed by atoms with van der Waals surface area (Å²) in [6.07, 6.45) is -2.28. The molecule has 0 aromatic carbocycles. The average Bonchev–Trinajstić information content (AvgIpc) is 3.28. The first-order valence-electron chi connectivity index (χ1n) is 9.53. The van der Waals surface area contributed by atoms with Crippen LogP contribution >= 0.6 is 0 Å². The van der Waals surface area contributed by atoms with Crippen molar-refractivity contribution >= 4 is 23.9 Å². The summed E-state index contributed by atoms with van der Waals surface area (Å²) in [5.41, 5.74) is -0.249. The lowest BCUT2D eigenvalue weighted by Gasteiger charge is -2.17. The first-order valence-corrected chi connectivity index (χ1v) is 9.53. The second kappa shape index (κ2) is 11.1. The van der Waals surface area contributed by atoms with Crippen molar-refractivity contribution in [3.05, 3.63) is 11.4 Å². The summed E-state index contributed by atoms with van der Waals surface area (Å²) < 4.78 is 27.0. The van der Waals surface area contributed by atoms with Gasteiger partial charge in [0.15, 0.2) is 6.23 Å². The van der Waals surface area contributed by atoms with E-state index in [9.17, 15) is 19.2 Å². The van der Waals surface area contributed by atoms with Crippen molar-refractivity contribution in [2.24, 2.45) is 0 Å². The molecule has 168 valence electrons. The van der Waals surface area contributed by atoms with Gasteiger partial charge >= 0.3 is 23.9 Å². The van der Waals surface area contributed by atoms with Gasteiger partial charge in [0.2, 0.25) is 5.69 Å². The molecule has 2 rings (SSSR count). The highest BCUT2D eigenvalue weighted by atomic mass is 16.6. The Kier molecular flexibility index (Phi) is 8.51. The number of aromatic nitrogens is 3. The number of carbonyl (C=O) groups excluding carboxylic acids is 4. The monoisotopic (exact) mass is 437 g/mol. The molecule has 0 radical (unpaired) electrons. The molecule has 1 fully saturated rings. The van der Waals surface area contributed by atoms with Crippen LogP contribution in [-0.4, -0.2) is 70.9 Å². The van der Waals surface area contributed by atoms with Crippen LogP contribution in [0.2, 0.25) is 0 Å². The number of esters is 4. The zero-order valence-electron chi connectivity index (χ0n) is 17.6. The summed E-state index contributed by atoms with van der Waals surface area (Å²) in [6.45, 7) is 5.78. The Morgan fingerprint density at radius 1 is 1.10 bits per heavy atom. The summed E-state index contributed by atoms with van der Waals surface area (Å²) in [5.74, 6) is 2.11.